The Morgan fingerprint density at radius 2 is 2.06 bits per heavy atom. The largest absolute Gasteiger partial charge is 0.316 e. The molecule has 1 saturated carbocycles. The van der Waals surface area contributed by atoms with Crippen molar-refractivity contribution in [2.75, 3.05) is 13.1 Å². The van der Waals surface area contributed by atoms with Gasteiger partial charge in [0.05, 0.1) is 0 Å². The van der Waals surface area contributed by atoms with E-state index in [0.29, 0.717) is 23.5 Å². The summed E-state index contributed by atoms with van der Waals surface area (Å²) in [7, 11) is 0. The van der Waals surface area contributed by atoms with E-state index in [9.17, 15) is 4.79 Å². The van der Waals surface area contributed by atoms with Crippen LogP contribution in [-0.2, 0) is 4.79 Å². The predicted octanol–water partition coefficient (Wildman–Crippen LogP) is 1.97. The van der Waals surface area contributed by atoms with Gasteiger partial charge in [-0.1, -0.05) is 30.3 Å². The fraction of sp³-hybridized carbons (Fsp3) is 0.500. The van der Waals surface area contributed by atoms with Crippen LogP contribution < -0.4 is 5.32 Å². The molecule has 1 aromatic rings. The first-order chi connectivity index (χ1) is 7.86. The minimum atomic E-state index is 0.290. The molecule has 2 nitrogen and oxygen atoms in total. The van der Waals surface area contributed by atoms with E-state index >= 15 is 0 Å². The van der Waals surface area contributed by atoms with Crippen molar-refractivity contribution < 1.29 is 4.79 Å². The normalized spacial score (nSPS) is 32.6. The first-order valence-electron chi connectivity index (χ1n) is 6.15. The molecule has 16 heavy (non-hydrogen) atoms. The molecular formula is C14H17NO. The lowest BCUT2D eigenvalue weighted by atomic mass is 9.97. The summed E-state index contributed by atoms with van der Waals surface area (Å²) in [5, 5.41) is 3.27. The molecule has 0 bridgehead atoms. The van der Waals surface area contributed by atoms with E-state index in [-0.39, 0.29) is 0 Å². The number of rotatable bonds is 3. The van der Waals surface area contributed by atoms with Crippen molar-refractivity contribution in [3.8, 4) is 0 Å². The average molecular weight is 215 g/mol. The zero-order valence-corrected chi connectivity index (χ0v) is 9.36. The zero-order valence-electron chi connectivity index (χ0n) is 9.36. The highest BCUT2D eigenvalue weighted by Crippen LogP contribution is 2.49. The molecule has 1 heterocycles. The van der Waals surface area contributed by atoms with Crippen LogP contribution in [0, 0.1) is 11.8 Å². The lowest BCUT2D eigenvalue weighted by molar-refractivity contribution is -0.123. The Balaban J connectivity index is 1.65. The maximum atomic E-state index is 12.2. The second kappa shape index (κ2) is 4.02. The number of hydrogen-bond acceptors (Lipinski definition) is 2. The van der Waals surface area contributed by atoms with Gasteiger partial charge in [0, 0.05) is 18.4 Å². The molecule has 3 rings (SSSR count). The number of nitrogens with one attached hydrogen (secondary N) is 1. The Labute approximate surface area is 96.1 Å². The molecule has 0 radical (unpaired) electrons. The van der Waals surface area contributed by atoms with Gasteiger partial charge in [-0.3, -0.25) is 4.79 Å². The summed E-state index contributed by atoms with van der Waals surface area (Å²) in [6.45, 7) is 1.91. The Morgan fingerprint density at radius 3 is 2.75 bits per heavy atom. The number of carbonyl (C=O) groups excluding carboxylic acids is 1. The maximum Gasteiger partial charge on any atom is 0.140 e. The second-order valence-electron chi connectivity index (χ2n) is 4.95. The van der Waals surface area contributed by atoms with Crippen molar-refractivity contribution in [3.63, 3.8) is 0 Å². The van der Waals surface area contributed by atoms with Gasteiger partial charge in [0.25, 0.3) is 0 Å². The zero-order chi connectivity index (χ0) is 11.0. The molecule has 0 spiro atoms. The summed E-state index contributed by atoms with van der Waals surface area (Å²) < 4.78 is 0. The van der Waals surface area contributed by atoms with Gasteiger partial charge in [0.2, 0.25) is 0 Å². The Hall–Kier alpha value is -1.15. The van der Waals surface area contributed by atoms with E-state index in [1.165, 1.54) is 5.56 Å². The smallest absolute Gasteiger partial charge is 0.140 e. The number of carbonyl (C=O) groups is 1. The lowest BCUT2D eigenvalue weighted by Crippen LogP contribution is -2.19. The first kappa shape index (κ1) is 10.0. The molecule has 1 aliphatic carbocycles. The molecule has 0 amide bonds. The third-order valence-electron chi connectivity index (χ3n) is 3.85. The van der Waals surface area contributed by atoms with E-state index in [2.05, 4.69) is 29.6 Å². The van der Waals surface area contributed by atoms with Crippen molar-refractivity contribution in [3.05, 3.63) is 35.9 Å². The fourth-order valence-corrected chi connectivity index (χ4v) is 2.78. The quantitative estimate of drug-likeness (QED) is 0.835. The third kappa shape index (κ3) is 1.78. The van der Waals surface area contributed by atoms with Gasteiger partial charge in [-0.15, -0.1) is 0 Å². The van der Waals surface area contributed by atoms with Gasteiger partial charge < -0.3 is 5.32 Å². The van der Waals surface area contributed by atoms with Gasteiger partial charge >= 0.3 is 0 Å². The molecule has 0 aromatic heterocycles. The summed E-state index contributed by atoms with van der Waals surface area (Å²) in [6, 6.07) is 10.4. The Kier molecular flexibility index (Phi) is 2.52. The van der Waals surface area contributed by atoms with Crippen LogP contribution in [0.1, 0.15) is 24.3 Å². The van der Waals surface area contributed by atoms with E-state index in [1.54, 1.807) is 0 Å². The molecule has 2 fully saturated rings. The van der Waals surface area contributed by atoms with Crippen molar-refractivity contribution >= 4 is 5.78 Å². The van der Waals surface area contributed by atoms with Crippen molar-refractivity contribution in [1.82, 2.24) is 5.32 Å². The van der Waals surface area contributed by atoms with E-state index in [0.717, 1.165) is 25.9 Å². The van der Waals surface area contributed by atoms with E-state index < -0.39 is 0 Å². The summed E-state index contributed by atoms with van der Waals surface area (Å²) >= 11 is 0. The molecule has 1 aromatic carbocycles. The summed E-state index contributed by atoms with van der Waals surface area (Å²) in [6.07, 6.45) is 2.11. The van der Waals surface area contributed by atoms with Crippen LogP contribution in [0.25, 0.3) is 0 Å². The molecular weight excluding hydrogens is 198 g/mol. The monoisotopic (exact) mass is 215 g/mol. The Bertz CT molecular complexity index is 381. The van der Waals surface area contributed by atoms with Gasteiger partial charge in [-0.05, 0) is 30.9 Å². The van der Waals surface area contributed by atoms with Gasteiger partial charge in [0.1, 0.15) is 5.78 Å². The SMILES string of the molecule is O=C(C1CCNC1)C1CC1c1ccccc1. The molecule has 3 unspecified atom stereocenters. The molecule has 84 valence electrons. The number of ketones is 1. The number of benzene rings is 1. The summed E-state index contributed by atoms with van der Waals surface area (Å²) in [5.41, 5.74) is 1.34. The molecule has 1 N–H and O–H groups in total. The molecule has 3 atom stereocenters. The summed E-state index contributed by atoms with van der Waals surface area (Å²) in [5.74, 6) is 1.61. The van der Waals surface area contributed by atoms with E-state index in [4.69, 9.17) is 0 Å². The number of Topliss-reactive ketones (excluding diaryl/α,β-unsaturated/α-hetero) is 1. The van der Waals surface area contributed by atoms with Crippen LogP contribution in [-0.4, -0.2) is 18.9 Å². The standard InChI is InChI=1S/C14H17NO/c16-14(11-6-7-15-9-11)13-8-12(13)10-4-2-1-3-5-10/h1-5,11-13,15H,6-9H2. The van der Waals surface area contributed by atoms with Crippen LogP contribution in [0.4, 0.5) is 0 Å². The highest BCUT2D eigenvalue weighted by Gasteiger charge is 2.46. The van der Waals surface area contributed by atoms with Gasteiger partial charge in [0.15, 0.2) is 0 Å². The number of hydrogen-bond donors (Lipinski definition) is 1. The van der Waals surface area contributed by atoms with Crippen molar-refractivity contribution in [1.29, 1.82) is 0 Å². The summed E-state index contributed by atoms with van der Waals surface area (Å²) in [4.78, 5) is 12.2. The van der Waals surface area contributed by atoms with E-state index in [1.807, 2.05) is 6.07 Å². The van der Waals surface area contributed by atoms with Crippen LogP contribution in [0.2, 0.25) is 0 Å². The minimum Gasteiger partial charge on any atom is -0.316 e. The fourth-order valence-electron chi connectivity index (χ4n) is 2.78. The van der Waals surface area contributed by atoms with Gasteiger partial charge in [-0.2, -0.15) is 0 Å². The Morgan fingerprint density at radius 1 is 1.25 bits per heavy atom. The topological polar surface area (TPSA) is 29.1 Å². The molecule has 2 aliphatic rings. The lowest BCUT2D eigenvalue weighted by Gasteiger charge is -2.06. The average Bonchev–Trinajstić information content (AvgIpc) is 2.95. The highest BCUT2D eigenvalue weighted by atomic mass is 16.1. The van der Waals surface area contributed by atoms with Crippen LogP contribution in [0.3, 0.4) is 0 Å². The maximum absolute atomic E-state index is 12.2. The van der Waals surface area contributed by atoms with Crippen LogP contribution in [0.15, 0.2) is 30.3 Å². The molecule has 1 saturated heterocycles. The van der Waals surface area contributed by atoms with Crippen LogP contribution in [0.5, 0.6) is 0 Å². The molecule has 2 heteroatoms. The van der Waals surface area contributed by atoms with Crippen molar-refractivity contribution in [2.45, 2.75) is 18.8 Å². The second-order valence-corrected chi connectivity index (χ2v) is 4.95. The minimum absolute atomic E-state index is 0.290. The molecule has 1 aliphatic heterocycles. The predicted molar refractivity (Wildman–Crippen MR) is 63.3 cm³/mol. The van der Waals surface area contributed by atoms with Gasteiger partial charge in [-0.25, -0.2) is 0 Å². The van der Waals surface area contributed by atoms with Crippen LogP contribution >= 0.6 is 0 Å². The van der Waals surface area contributed by atoms with Crippen molar-refractivity contribution in [2.24, 2.45) is 11.8 Å². The first-order valence-corrected chi connectivity index (χ1v) is 6.15. The third-order valence-corrected chi connectivity index (χ3v) is 3.85. The highest BCUT2D eigenvalue weighted by molar-refractivity contribution is 5.87.